The summed E-state index contributed by atoms with van der Waals surface area (Å²) >= 11 is 17.8. The number of aromatic nitrogens is 1. The van der Waals surface area contributed by atoms with Crippen LogP contribution in [0.2, 0.25) is 15.1 Å². The van der Waals surface area contributed by atoms with Crippen LogP contribution in [0.25, 0.3) is 5.69 Å². The molecular weight excluding hydrogens is 477 g/mol. The van der Waals surface area contributed by atoms with Crippen molar-refractivity contribution in [3.8, 4) is 11.4 Å². The predicted octanol–water partition coefficient (Wildman–Crippen LogP) is 5.28. The van der Waals surface area contributed by atoms with Gasteiger partial charge in [0.2, 0.25) is 0 Å². The lowest BCUT2D eigenvalue weighted by atomic mass is 10.2. The largest absolute Gasteiger partial charge is 0.482 e. The highest BCUT2D eigenvalue weighted by Crippen LogP contribution is 2.27. The monoisotopic (exact) mass is 493 g/mol. The predicted molar refractivity (Wildman–Crippen MR) is 125 cm³/mol. The minimum absolute atomic E-state index is 0.0138. The Morgan fingerprint density at radius 1 is 1.09 bits per heavy atom. The molecular formula is C22H18Cl3N3O4. The molecule has 1 amide bonds. The second-order valence-electron chi connectivity index (χ2n) is 6.79. The Hall–Kier alpha value is -3.00. The summed E-state index contributed by atoms with van der Waals surface area (Å²) < 4.78 is 7.23. The summed E-state index contributed by atoms with van der Waals surface area (Å²) in [5.41, 5.74) is 5.47. The number of aromatic carboxylic acids is 1. The molecule has 0 saturated carbocycles. The van der Waals surface area contributed by atoms with Crippen LogP contribution in [0.15, 0.2) is 47.6 Å². The Kier molecular flexibility index (Phi) is 7.45. The first-order chi connectivity index (χ1) is 15.2. The van der Waals surface area contributed by atoms with Gasteiger partial charge >= 0.3 is 5.97 Å². The molecule has 0 aliphatic carbocycles. The van der Waals surface area contributed by atoms with Crippen molar-refractivity contribution in [3.05, 3.63) is 80.0 Å². The van der Waals surface area contributed by atoms with E-state index in [0.29, 0.717) is 21.5 Å². The molecule has 7 nitrogen and oxygen atoms in total. The molecule has 1 aromatic heterocycles. The molecule has 166 valence electrons. The van der Waals surface area contributed by atoms with Gasteiger partial charge in [0.15, 0.2) is 6.61 Å². The molecule has 3 rings (SSSR count). The van der Waals surface area contributed by atoms with E-state index in [1.807, 2.05) is 24.5 Å². The van der Waals surface area contributed by atoms with Crippen molar-refractivity contribution >= 4 is 52.9 Å². The van der Waals surface area contributed by atoms with Gasteiger partial charge in [0, 0.05) is 27.7 Å². The molecule has 1 heterocycles. The van der Waals surface area contributed by atoms with Crippen molar-refractivity contribution in [1.82, 2.24) is 9.99 Å². The van der Waals surface area contributed by atoms with Gasteiger partial charge in [-0.15, -0.1) is 0 Å². The van der Waals surface area contributed by atoms with Gasteiger partial charge in [-0.2, -0.15) is 5.10 Å². The van der Waals surface area contributed by atoms with Crippen LogP contribution >= 0.6 is 34.8 Å². The minimum Gasteiger partial charge on any atom is -0.482 e. The number of amides is 1. The smallest absolute Gasteiger partial charge is 0.337 e. The standard InChI is InChI=1S/C22H18Cl3N3O4/c1-12-7-14(13(2)28(12)16-4-5-18(24)17(9-16)22(30)31)10-26-27-21(29)11-32-20-6-3-15(23)8-19(20)25/h3-10H,11H2,1-2H3,(H,27,29)(H,30,31)/b26-10+. The molecule has 0 radical (unpaired) electrons. The number of hydrazone groups is 1. The summed E-state index contributed by atoms with van der Waals surface area (Å²) in [5, 5.41) is 14.2. The third kappa shape index (κ3) is 5.43. The van der Waals surface area contributed by atoms with Gasteiger partial charge < -0.3 is 14.4 Å². The average Bonchev–Trinajstić information content (AvgIpc) is 3.01. The fraction of sp³-hybridized carbons (Fsp3) is 0.136. The maximum atomic E-state index is 12.0. The van der Waals surface area contributed by atoms with E-state index in [1.165, 1.54) is 18.3 Å². The van der Waals surface area contributed by atoms with Gasteiger partial charge in [0.05, 0.1) is 21.8 Å². The zero-order valence-corrected chi connectivity index (χ0v) is 19.3. The molecule has 0 aliphatic rings. The molecule has 0 bridgehead atoms. The third-order valence-corrected chi connectivity index (χ3v) is 5.41. The zero-order valence-electron chi connectivity index (χ0n) is 17.0. The number of carboxylic acid groups (broad SMARTS) is 1. The molecule has 0 fully saturated rings. The number of rotatable bonds is 7. The van der Waals surface area contributed by atoms with Crippen LogP contribution in [-0.4, -0.2) is 34.4 Å². The summed E-state index contributed by atoms with van der Waals surface area (Å²) in [6.07, 6.45) is 1.50. The van der Waals surface area contributed by atoms with E-state index in [0.717, 1.165) is 17.0 Å². The highest BCUT2D eigenvalue weighted by atomic mass is 35.5. The zero-order chi connectivity index (χ0) is 23.4. The molecule has 32 heavy (non-hydrogen) atoms. The second kappa shape index (κ2) is 10.1. The van der Waals surface area contributed by atoms with Crippen molar-refractivity contribution in [2.24, 2.45) is 5.10 Å². The van der Waals surface area contributed by atoms with Gasteiger partial charge in [-0.05, 0) is 56.3 Å². The molecule has 10 heteroatoms. The molecule has 2 N–H and O–H groups in total. The van der Waals surface area contributed by atoms with E-state index < -0.39 is 11.9 Å². The SMILES string of the molecule is Cc1cc(/C=N/NC(=O)COc2ccc(Cl)cc2Cl)c(C)n1-c1ccc(Cl)c(C(=O)O)c1. The van der Waals surface area contributed by atoms with Crippen molar-refractivity contribution in [1.29, 1.82) is 0 Å². The van der Waals surface area contributed by atoms with E-state index in [-0.39, 0.29) is 17.2 Å². The van der Waals surface area contributed by atoms with Crippen molar-refractivity contribution in [2.75, 3.05) is 6.61 Å². The Balaban J connectivity index is 1.69. The number of ether oxygens (including phenoxy) is 1. The van der Waals surface area contributed by atoms with Crippen molar-refractivity contribution in [2.45, 2.75) is 13.8 Å². The fourth-order valence-corrected chi connectivity index (χ4v) is 3.73. The van der Waals surface area contributed by atoms with E-state index in [9.17, 15) is 14.7 Å². The number of nitrogens with zero attached hydrogens (tertiary/aromatic N) is 2. The van der Waals surface area contributed by atoms with Crippen LogP contribution in [0.1, 0.15) is 27.3 Å². The number of aryl methyl sites for hydroxylation is 1. The van der Waals surface area contributed by atoms with E-state index in [2.05, 4.69) is 10.5 Å². The average molecular weight is 495 g/mol. The summed E-state index contributed by atoms with van der Waals surface area (Å²) in [5.74, 6) is -1.24. The molecule has 0 unspecified atom stereocenters. The van der Waals surface area contributed by atoms with Gasteiger partial charge in [-0.3, -0.25) is 4.79 Å². The quantitative estimate of drug-likeness (QED) is 0.345. The second-order valence-corrected chi connectivity index (χ2v) is 8.04. The van der Waals surface area contributed by atoms with Gasteiger partial charge in [0.1, 0.15) is 5.75 Å². The summed E-state index contributed by atoms with van der Waals surface area (Å²) in [6, 6.07) is 11.3. The highest BCUT2D eigenvalue weighted by Gasteiger charge is 2.14. The molecule has 0 aliphatic heterocycles. The topological polar surface area (TPSA) is 92.9 Å². The van der Waals surface area contributed by atoms with Crippen LogP contribution in [-0.2, 0) is 4.79 Å². The maximum Gasteiger partial charge on any atom is 0.337 e. The molecule has 3 aromatic rings. The highest BCUT2D eigenvalue weighted by molar-refractivity contribution is 6.35. The number of hydrogen-bond donors (Lipinski definition) is 2. The maximum absolute atomic E-state index is 12.0. The molecule has 0 saturated heterocycles. The number of nitrogens with one attached hydrogen (secondary N) is 1. The van der Waals surface area contributed by atoms with Crippen LogP contribution in [0, 0.1) is 13.8 Å². The molecule has 0 atom stereocenters. The number of hydrogen-bond acceptors (Lipinski definition) is 4. The number of halogens is 3. The van der Waals surface area contributed by atoms with E-state index in [1.54, 1.807) is 24.3 Å². The van der Waals surface area contributed by atoms with Crippen molar-refractivity contribution in [3.63, 3.8) is 0 Å². The summed E-state index contributed by atoms with van der Waals surface area (Å²) in [4.78, 5) is 23.4. The normalized spacial score (nSPS) is 11.0. The van der Waals surface area contributed by atoms with Gasteiger partial charge in [0.25, 0.3) is 5.91 Å². The first-order valence-corrected chi connectivity index (χ1v) is 10.4. The Morgan fingerprint density at radius 2 is 1.84 bits per heavy atom. The summed E-state index contributed by atoms with van der Waals surface area (Å²) in [7, 11) is 0. The molecule has 2 aromatic carbocycles. The van der Waals surface area contributed by atoms with Crippen molar-refractivity contribution < 1.29 is 19.4 Å². The van der Waals surface area contributed by atoms with E-state index in [4.69, 9.17) is 39.5 Å². The first kappa shape index (κ1) is 23.7. The summed E-state index contributed by atoms with van der Waals surface area (Å²) in [6.45, 7) is 3.46. The number of benzene rings is 2. The fourth-order valence-electron chi connectivity index (χ4n) is 3.07. The lowest BCUT2D eigenvalue weighted by Crippen LogP contribution is -2.24. The van der Waals surface area contributed by atoms with Crippen LogP contribution in [0.4, 0.5) is 0 Å². The Labute approximate surface area is 199 Å². The number of carbonyl (C=O) groups is 2. The van der Waals surface area contributed by atoms with E-state index >= 15 is 0 Å². The Morgan fingerprint density at radius 3 is 2.53 bits per heavy atom. The minimum atomic E-state index is -1.11. The van der Waals surface area contributed by atoms with Gasteiger partial charge in [-0.25, -0.2) is 10.2 Å². The Bertz CT molecular complexity index is 1220. The number of carboxylic acids is 1. The van der Waals surface area contributed by atoms with Crippen LogP contribution < -0.4 is 10.2 Å². The number of carbonyl (C=O) groups excluding carboxylic acids is 1. The van der Waals surface area contributed by atoms with Gasteiger partial charge in [-0.1, -0.05) is 34.8 Å². The molecule has 0 spiro atoms. The first-order valence-electron chi connectivity index (χ1n) is 9.29. The van der Waals surface area contributed by atoms with Crippen LogP contribution in [0.5, 0.6) is 5.75 Å². The lowest BCUT2D eigenvalue weighted by Gasteiger charge is -2.11. The lowest BCUT2D eigenvalue weighted by molar-refractivity contribution is -0.123. The third-order valence-electron chi connectivity index (χ3n) is 4.55. The van der Waals surface area contributed by atoms with Crippen LogP contribution in [0.3, 0.4) is 0 Å².